The molecule has 0 aromatic carbocycles. The Morgan fingerprint density at radius 1 is 1.19 bits per heavy atom. The van der Waals surface area contributed by atoms with Crippen molar-refractivity contribution in [2.75, 3.05) is 53.0 Å². The monoisotopic (exact) mass is 368 g/mol. The Labute approximate surface area is 160 Å². The minimum absolute atomic E-state index is 0.512. The molecule has 0 amide bonds. The lowest BCUT2D eigenvalue weighted by Crippen LogP contribution is -2.51. The van der Waals surface area contributed by atoms with E-state index in [1.54, 1.807) is 0 Å². The molecule has 2 fully saturated rings. The van der Waals surface area contributed by atoms with Gasteiger partial charge in [0.15, 0.2) is 5.96 Å². The van der Waals surface area contributed by atoms with Crippen LogP contribution in [0.1, 0.15) is 52.4 Å². The Morgan fingerprint density at radius 2 is 1.92 bits per heavy atom. The van der Waals surface area contributed by atoms with Gasteiger partial charge in [0, 0.05) is 45.9 Å². The van der Waals surface area contributed by atoms with Gasteiger partial charge in [0.25, 0.3) is 0 Å². The average Bonchev–Trinajstić information content (AvgIpc) is 3.16. The standard InChI is InChI=1S/C20H40N4O2/c1-17(2)15-18(24-10-13-25-14-11-24)16-23-20(21-3)22-9-6-12-26-19-7-4-5-8-19/h17-19H,4-16H2,1-3H3,(H2,21,22,23). The summed E-state index contributed by atoms with van der Waals surface area (Å²) in [6.45, 7) is 11.0. The van der Waals surface area contributed by atoms with Crippen molar-refractivity contribution >= 4 is 5.96 Å². The fraction of sp³-hybridized carbons (Fsp3) is 0.950. The molecule has 0 bridgehead atoms. The van der Waals surface area contributed by atoms with E-state index < -0.39 is 0 Å². The van der Waals surface area contributed by atoms with E-state index >= 15 is 0 Å². The summed E-state index contributed by atoms with van der Waals surface area (Å²) >= 11 is 0. The molecule has 1 aliphatic heterocycles. The predicted molar refractivity (Wildman–Crippen MR) is 108 cm³/mol. The summed E-state index contributed by atoms with van der Waals surface area (Å²) in [4.78, 5) is 6.92. The Kier molecular flexibility index (Phi) is 10.3. The van der Waals surface area contributed by atoms with E-state index in [-0.39, 0.29) is 0 Å². The van der Waals surface area contributed by atoms with Crippen molar-refractivity contribution in [1.82, 2.24) is 15.5 Å². The molecule has 1 heterocycles. The summed E-state index contributed by atoms with van der Waals surface area (Å²) < 4.78 is 11.4. The van der Waals surface area contributed by atoms with Crippen LogP contribution >= 0.6 is 0 Å². The largest absolute Gasteiger partial charge is 0.379 e. The molecular weight excluding hydrogens is 328 g/mol. The van der Waals surface area contributed by atoms with E-state index in [0.717, 1.165) is 58.4 Å². The lowest BCUT2D eigenvalue weighted by molar-refractivity contribution is 0.0132. The highest BCUT2D eigenvalue weighted by Gasteiger charge is 2.22. The highest BCUT2D eigenvalue weighted by molar-refractivity contribution is 5.79. The van der Waals surface area contributed by atoms with Gasteiger partial charge in [-0.15, -0.1) is 0 Å². The highest BCUT2D eigenvalue weighted by atomic mass is 16.5. The number of guanidine groups is 1. The molecule has 1 atom stereocenters. The highest BCUT2D eigenvalue weighted by Crippen LogP contribution is 2.20. The Balaban J connectivity index is 1.64. The maximum absolute atomic E-state index is 5.92. The minimum Gasteiger partial charge on any atom is -0.379 e. The first kappa shape index (κ1) is 21.5. The molecule has 1 unspecified atom stereocenters. The summed E-state index contributed by atoms with van der Waals surface area (Å²) in [6, 6.07) is 0.531. The molecule has 0 aromatic rings. The van der Waals surface area contributed by atoms with Gasteiger partial charge in [0.2, 0.25) is 0 Å². The van der Waals surface area contributed by atoms with Crippen LogP contribution in [0, 0.1) is 5.92 Å². The molecule has 0 aromatic heterocycles. The third-order valence-electron chi connectivity index (χ3n) is 5.30. The van der Waals surface area contributed by atoms with Crippen molar-refractivity contribution in [3.8, 4) is 0 Å². The number of hydrogen-bond donors (Lipinski definition) is 2. The van der Waals surface area contributed by atoms with Crippen molar-refractivity contribution in [2.45, 2.75) is 64.5 Å². The first-order chi connectivity index (χ1) is 12.7. The van der Waals surface area contributed by atoms with Gasteiger partial charge in [-0.05, 0) is 31.6 Å². The Morgan fingerprint density at radius 3 is 2.58 bits per heavy atom. The zero-order valence-electron chi connectivity index (χ0n) is 17.1. The van der Waals surface area contributed by atoms with Gasteiger partial charge < -0.3 is 20.1 Å². The van der Waals surface area contributed by atoms with Gasteiger partial charge in [-0.3, -0.25) is 9.89 Å². The van der Waals surface area contributed by atoms with E-state index in [1.807, 2.05) is 7.05 Å². The summed E-state index contributed by atoms with van der Waals surface area (Å²) in [7, 11) is 1.84. The molecule has 1 saturated heterocycles. The van der Waals surface area contributed by atoms with Gasteiger partial charge in [-0.25, -0.2) is 0 Å². The minimum atomic E-state index is 0.512. The topological polar surface area (TPSA) is 58.1 Å². The van der Waals surface area contributed by atoms with Crippen LogP contribution in [0.3, 0.4) is 0 Å². The number of nitrogens with zero attached hydrogens (tertiary/aromatic N) is 2. The third kappa shape index (κ3) is 8.23. The number of hydrogen-bond acceptors (Lipinski definition) is 4. The predicted octanol–water partition coefficient (Wildman–Crippen LogP) is 2.25. The molecule has 26 heavy (non-hydrogen) atoms. The van der Waals surface area contributed by atoms with Gasteiger partial charge in [0.05, 0.1) is 19.3 Å². The van der Waals surface area contributed by atoms with Crippen LogP contribution in [0.4, 0.5) is 0 Å². The average molecular weight is 369 g/mol. The fourth-order valence-corrected chi connectivity index (χ4v) is 3.87. The molecule has 1 aliphatic carbocycles. The second kappa shape index (κ2) is 12.5. The number of rotatable bonds is 10. The normalized spacial score (nSPS) is 21.3. The third-order valence-corrected chi connectivity index (χ3v) is 5.30. The van der Waals surface area contributed by atoms with Crippen LogP contribution in [0.5, 0.6) is 0 Å². The van der Waals surface area contributed by atoms with E-state index in [9.17, 15) is 0 Å². The fourth-order valence-electron chi connectivity index (χ4n) is 3.87. The number of aliphatic imine (C=N–C) groups is 1. The van der Waals surface area contributed by atoms with Gasteiger partial charge in [-0.2, -0.15) is 0 Å². The molecule has 0 spiro atoms. The zero-order chi connectivity index (χ0) is 18.6. The molecule has 6 nitrogen and oxygen atoms in total. The Bertz CT molecular complexity index is 391. The smallest absolute Gasteiger partial charge is 0.191 e. The molecular formula is C20H40N4O2. The number of nitrogens with one attached hydrogen (secondary N) is 2. The van der Waals surface area contributed by atoms with Crippen molar-refractivity contribution in [2.24, 2.45) is 10.9 Å². The summed E-state index contributed by atoms with van der Waals surface area (Å²) in [5.74, 6) is 1.58. The first-order valence-electron chi connectivity index (χ1n) is 10.6. The van der Waals surface area contributed by atoms with Crippen molar-refractivity contribution in [3.05, 3.63) is 0 Å². The lowest BCUT2D eigenvalue weighted by atomic mass is 10.0. The van der Waals surface area contributed by atoms with Gasteiger partial charge in [-0.1, -0.05) is 26.7 Å². The van der Waals surface area contributed by atoms with Crippen molar-refractivity contribution < 1.29 is 9.47 Å². The lowest BCUT2D eigenvalue weighted by Gasteiger charge is -2.35. The SMILES string of the molecule is CN=C(NCCCOC1CCCC1)NCC(CC(C)C)N1CCOCC1. The summed E-state index contributed by atoms with van der Waals surface area (Å²) in [5.41, 5.74) is 0. The van der Waals surface area contributed by atoms with Gasteiger partial charge >= 0.3 is 0 Å². The maximum Gasteiger partial charge on any atom is 0.191 e. The molecule has 2 aliphatic rings. The summed E-state index contributed by atoms with van der Waals surface area (Å²) in [5, 5.41) is 6.94. The number of ether oxygens (including phenoxy) is 2. The summed E-state index contributed by atoms with van der Waals surface area (Å²) in [6.07, 6.45) is 7.89. The first-order valence-corrected chi connectivity index (χ1v) is 10.6. The second-order valence-corrected chi connectivity index (χ2v) is 7.94. The molecule has 152 valence electrons. The Hall–Kier alpha value is -0.850. The van der Waals surface area contributed by atoms with Crippen LogP contribution in [-0.2, 0) is 9.47 Å². The van der Waals surface area contributed by atoms with Crippen LogP contribution in [0.15, 0.2) is 4.99 Å². The maximum atomic E-state index is 5.92. The quantitative estimate of drug-likeness (QED) is 0.352. The van der Waals surface area contributed by atoms with E-state index in [4.69, 9.17) is 9.47 Å². The second-order valence-electron chi connectivity index (χ2n) is 7.94. The van der Waals surface area contributed by atoms with Crippen LogP contribution in [0.25, 0.3) is 0 Å². The molecule has 0 radical (unpaired) electrons. The molecule has 6 heteroatoms. The van der Waals surface area contributed by atoms with Crippen LogP contribution in [-0.4, -0.2) is 76.1 Å². The van der Waals surface area contributed by atoms with E-state index in [1.165, 1.54) is 32.1 Å². The molecule has 2 N–H and O–H groups in total. The van der Waals surface area contributed by atoms with E-state index in [2.05, 4.69) is 34.4 Å². The van der Waals surface area contributed by atoms with Crippen molar-refractivity contribution in [3.63, 3.8) is 0 Å². The molecule has 1 saturated carbocycles. The molecule has 2 rings (SSSR count). The zero-order valence-corrected chi connectivity index (χ0v) is 17.1. The van der Waals surface area contributed by atoms with Crippen LogP contribution in [0.2, 0.25) is 0 Å². The number of morpholine rings is 1. The van der Waals surface area contributed by atoms with Crippen molar-refractivity contribution in [1.29, 1.82) is 0 Å². The van der Waals surface area contributed by atoms with Crippen LogP contribution < -0.4 is 10.6 Å². The van der Waals surface area contributed by atoms with E-state index in [0.29, 0.717) is 18.1 Å². The van der Waals surface area contributed by atoms with Gasteiger partial charge in [0.1, 0.15) is 0 Å².